The average molecular weight is 415 g/mol. The van der Waals surface area contributed by atoms with Gasteiger partial charge in [0, 0.05) is 18.9 Å². The molecule has 2 aromatic rings. The fourth-order valence-electron chi connectivity index (χ4n) is 1.81. The third-order valence-electron chi connectivity index (χ3n) is 2.92. The Morgan fingerprint density at radius 3 is 2.44 bits per heavy atom. The third-order valence-corrected chi connectivity index (χ3v) is 4.96. The van der Waals surface area contributed by atoms with Gasteiger partial charge in [0.05, 0.1) is 10.5 Å². The molecule has 134 valence electrons. The van der Waals surface area contributed by atoms with Gasteiger partial charge >= 0.3 is 6.18 Å². The number of hydrogen-bond acceptors (Lipinski definition) is 5. The number of benzene rings is 1. The largest absolute Gasteiger partial charge is 0.438 e. The van der Waals surface area contributed by atoms with Crippen molar-refractivity contribution in [3.63, 3.8) is 0 Å². The number of alkyl halides is 3. The van der Waals surface area contributed by atoms with Gasteiger partial charge in [-0.25, -0.2) is 4.98 Å². The van der Waals surface area contributed by atoms with Crippen LogP contribution in [-0.2, 0) is 10.7 Å². The van der Waals surface area contributed by atoms with Gasteiger partial charge in [-0.2, -0.15) is 13.2 Å². The Balaban J connectivity index is 2.42. The highest BCUT2D eigenvalue weighted by molar-refractivity contribution is 7.94. The molecule has 0 fully saturated rings. The van der Waals surface area contributed by atoms with Gasteiger partial charge in [-0.15, -0.1) is 0 Å². The lowest BCUT2D eigenvalue weighted by atomic mass is 10.3. The fourth-order valence-corrected chi connectivity index (χ4v) is 3.34. The van der Waals surface area contributed by atoms with Gasteiger partial charge in [0.2, 0.25) is 12.4 Å². The summed E-state index contributed by atoms with van der Waals surface area (Å²) in [5.74, 6) is -0.424. The second kappa shape index (κ2) is 6.82. The zero-order valence-electron chi connectivity index (χ0n) is 12.3. The lowest BCUT2D eigenvalue weighted by Crippen LogP contribution is -2.09. The molecule has 0 N–H and O–H groups in total. The quantitative estimate of drug-likeness (QED) is 0.388. The van der Waals surface area contributed by atoms with Crippen LogP contribution in [0.3, 0.4) is 0 Å². The molecule has 0 radical (unpaired) electrons. The van der Waals surface area contributed by atoms with E-state index in [0.29, 0.717) is 12.3 Å². The van der Waals surface area contributed by atoms with Gasteiger partial charge in [0.1, 0.15) is 16.1 Å². The van der Waals surface area contributed by atoms with Gasteiger partial charge < -0.3 is 9.30 Å². The predicted molar refractivity (Wildman–Crippen MR) is 86.4 cm³/mol. The first-order chi connectivity index (χ1) is 11.4. The zero-order valence-corrected chi connectivity index (χ0v) is 14.7. The molecule has 1 unspecified atom stereocenters. The number of nitro groups is 1. The normalized spacial score (nSPS) is 14.0. The minimum atomic E-state index is -4.62. The van der Waals surface area contributed by atoms with Crippen LogP contribution in [0.15, 0.2) is 30.5 Å². The first-order valence-corrected chi connectivity index (χ1v) is 9.80. The van der Waals surface area contributed by atoms with Crippen molar-refractivity contribution in [1.82, 2.24) is 4.98 Å². The van der Waals surface area contributed by atoms with Crippen LogP contribution in [0.2, 0.25) is 5.02 Å². The van der Waals surface area contributed by atoms with E-state index in [1.54, 1.807) is 0 Å². The highest BCUT2D eigenvalue weighted by Crippen LogP contribution is 2.49. The van der Waals surface area contributed by atoms with E-state index in [1.165, 1.54) is 0 Å². The number of pyridine rings is 1. The Kier molecular flexibility index (Phi) is 5.32. The highest BCUT2D eigenvalue weighted by atomic mass is 35.7. The standard InChI is InChI=1S/C13H8Cl2F3N2O4P/c1-25(15,23)11-5-8(2-3-10(11)20(21)22)24-12-9(14)4-7(6-19-12)13(16,17)18/h2-6H,1H3. The molecule has 1 aromatic heterocycles. The van der Waals surface area contributed by atoms with Crippen molar-refractivity contribution >= 4 is 40.3 Å². The number of nitrogens with zero attached hydrogens (tertiary/aromatic N) is 2. The van der Waals surface area contributed by atoms with Crippen molar-refractivity contribution in [2.45, 2.75) is 6.18 Å². The second-order valence-electron chi connectivity index (χ2n) is 4.84. The van der Waals surface area contributed by atoms with Gasteiger partial charge in [0.25, 0.3) is 5.69 Å². The Morgan fingerprint density at radius 2 is 1.96 bits per heavy atom. The van der Waals surface area contributed by atoms with E-state index in [0.717, 1.165) is 24.9 Å². The van der Waals surface area contributed by atoms with Gasteiger partial charge in [-0.05, 0) is 29.4 Å². The van der Waals surface area contributed by atoms with Crippen LogP contribution >= 0.6 is 29.3 Å². The fraction of sp³-hybridized carbons (Fsp3) is 0.154. The maximum absolute atomic E-state index is 12.6. The first-order valence-electron chi connectivity index (χ1n) is 6.36. The van der Waals surface area contributed by atoms with Crippen molar-refractivity contribution in [2.24, 2.45) is 0 Å². The number of halogens is 5. The predicted octanol–water partition coefficient (Wildman–Crippen LogP) is 5.23. The van der Waals surface area contributed by atoms with Crippen LogP contribution in [0.4, 0.5) is 18.9 Å². The minimum Gasteiger partial charge on any atom is -0.438 e. The monoisotopic (exact) mass is 414 g/mol. The molecule has 0 bridgehead atoms. The van der Waals surface area contributed by atoms with E-state index in [2.05, 4.69) is 4.98 Å². The van der Waals surface area contributed by atoms with Crippen LogP contribution < -0.4 is 10.0 Å². The van der Waals surface area contributed by atoms with Crippen LogP contribution in [0.1, 0.15) is 5.56 Å². The Hall–Kier alpha value is -1.83. The minimum absolute atomic E-state index is 0.0718. The Labute approximate surface area is 148 Å². The molecule has 1 aromatic carbocycles. The van der Waals surface area contributed by atoms with Gasteiger partial charge in [-0.1, -0.05) is 11.6 Å². The summed E-state index contributed by atoms with van der Waals surface area (Å²) in [5, 5.41) is 10.3. The van der Waals surface area contributed by atoms with Gasteiger partial charge in [0.15, 0.2) is 0 Å². The lowest BCUT2D eigenvalue weighted by Gasteiger charge is -2.11. The molecule has 1 atom stereocenters. The van der Waals surface area contributed by atoms with Crippen molar-refractivity contribution in [3.8, 4) is 11.6 Å². The topological polar surface area (TPSA) is 82.3 Å². The van der Waals surface area contributed by atoms with E-state index in [1.807, 2.05) is 0 Å². The number of ether oxygens (including phenoxy) is 1. The smallest absolute Gasteiger partial charge is 0.417 e. The summed E-state index contributed by atoms with van der Waals surface area (Å²) in [6, 6.07) is 3.86. The molecule has 1 heterocycles. The molecular formula is C13H8Cl2F3N2O4P. The summed E-state index contributed by atoms with van der Waals surface area (Å²) in [6.45, 7) is -2.42. The molecule has 2 rings (SSSR count). The Bertz CT molecular complexity index is 886. The molecule has 12 heteroatoms. The van der Waals surface area contributed by atoms with E-state index in [4.69, 9.17) is 27.6 Å². The molecule has 0 saturated carbocycles. The molecule has 0 spiro atoms. The number of aromatic nitrogens is 1. The van der Waals surface area contributed by atoms with E-state index in [-0.39, 0.29) is 16.9 Å². The number of hydrogen-bond donors (Lipinski definition) is 0. The summed E-state index contributed by atoms with van der Waals surface area (Å²) in [6.07, 6.45) is -4.09. The number of nitro benzene ring substituents is 1. The highest BCUT2D eigenvalue weighted by Gasteiger charge is 2.32. The molecule has 0 aliphatic heterocycles. The van der Waals surface area contributed by atoms with Crippen molar-refractivity contribution in [1.29, 1.82) is 0 Å². The summed E-state index contributed by atoms with van der Waals surface area (Å²) in [5.41, 5.74) is -1.53. The molecule has 6 nitrogen and oxygen atoms in total. The molecule has 0 saturated heterocycles. The summed E-state index contributed by atoms with van der Waals surface area (Å²) in [4.78, 5) is 13.7. The van der Waals surface area contributed by atoms with Crippen LogP contribution in [0.5, 0.6) is 11.6 Å². The summed E-state index contributed by atoms with van der Waals surface area (Å²) >= 11 is 11.4. The van der Waals surface area contributed by atoms with E-state index < -0.39 is 33.9 Å². The zero-order chi connectivity index (χ0) is 19.0. The van der Waals surface area contributed by atoms with Gasteiger partial charge in [-0.3, -0.25) is 10.1 Å². The maximum Gasteiger partial charge on any atom is 0.417 e. The second-order valence-corrected chi connectivity index (χ2v) is 9.30. The number of rotatable bonds is 4. The SMILES string of the molecule is CP(=O)(Cl)c1cc(Oc2ncc(C(F)(F)F)cc2Cl)ccc1[N+](=O)[O-]. The average Bonchev–Trinajstić information content (AvgIpc) is 2.47. The van der Waals surface area contributed by atoms with Crippen LogP contribution in [0.25, 0.3) is 0 Å². The van der Waals surface area contributed by atoms with E-state index in [9.17, 15) is 27.9 Å². The third kappa shape index (κ3) is 4.62. The molecule has 0 amide bonds. The van der Waals surface area contributed by atoms with Crippen LogP contribution in [-0.4, -0.2) is 16.6 Å². The van der Waals surface area contributed by atoms with Crippen LogP contribution in [0, 0.1) is 10.1 Å². The van der Waals surface area contributed by atoms with Crippen molar-refractivity contribution in [3.05, 3.63) is 51.2 Å². The Morgan fingerprint density at radius 1 is 1.32 bits per heavy atom. The molecular weight excluding hydrogens is 407 g/mol. The van der Waals surface area contributed by atoms with Crippen molar-refractivity contribution in [2.75, 3.05) is 6.66 Å². The maximum atomic E-state index is 12.6. The van der Waals surface area contributed by atoms with E-state index >= 15 is 0 Å². The summed E-state index contributed by atoms with van der Waals surface area (Å²) in [7, 11) is 0. The molecule has 0 aliphatic rings. The molecule has 0 aliphatic carbocycles. The lowest BCUT2D eigenvalue weighted by molar-refractivity contribution is -0.383. The molecule has 25 heavy (non-hydrogen) atoms. The summed E-state index contributed by atoms with van der Waals surface area (Å²) < 4.78 is 55.0. The van der Waals surface area contributed by atoms with Crippen molar-refractivity contribution < 1.29 is 27.4 Å². The first kappa shape index (κ1) is 19.5.